The Labute approximate surface area is 150 Å². The predicted octanol–water partition coefficient (Wildman–Crippen LogP) is 3.32. The molecular formula is C16H25BrN2O5. The largest absolute Gasteiger partial charge is 0.525 e. The Morgan fingerprint density at radius 3 is 2.38 bits per heavy atom. The summed E-state index contributed by atoms with van der Waals surface area (Å²) >= 11 is 3.59. The highest BCUT2D eigenvalue weighted by Gasteiger charge is 2.17. The third kappa shape index (κ3) is 9.36. The molecule has 0 aliphatic heterocycles. The average Bonchev–Trinajstić information content (AvgIpc) is 2.57. The Kier molecular flexibility index (Phi) is 11.7. The Hall–Kier alpha value is -1.80. The first-order valence-corrected chi connectivity index (χ1v) is 8.60. The van der Waals surface area contributed by atoms with E-state index in [0.29, 0.717) is 22.7 Å². The SMILES string of the molecule is CCC(Br)C(CC)Oc1cccc(C(N)=O)c1.CCNOC(=O)O. The summed E-state index contributed by atoms with van der Waals surface area (Å²) in [5.74, 6) is 0.250. The number of alkyl halides is 1. The summed E-state index contributed by atoms with van der Waals surface area (Å²) in [6.07, 6.45) is 0.698. The van der Waals surface area contributed by atoms with Crippen LogP contribution < -0.4 is 16.0 Å². The Balaban J connectivity index is 0.000000640. The third-order valence-corrected chi connectivity index (χ3v) is 4.14. The number of hydroxylamine groups is 1. The van der Waals surface area contributed by atoms with Crippen molar-refractivity contribution in [3.8, 4) is 5.75 Å². The quantitative estimate of drug-likeness (QED) is 0.452. The summed E-state index contributed by atoms with van der Waals surface area (Å²) < 4.78 is 5.85. The molecule has 2 unspecified atom stereocenters. The first-order chi connectivity index (χ1) is 11.3. The first kappa shape index (κ1) is 22.2. The predicted molar refractivity (Wildman–Crippen MR) is 95.5 cm³/mol. The fourth-order valence-corrected chi connectivity index (χ4v) is 2.19. The van der Waals surface area contributed by atoms with E-state index in [0.717, 1.165) is 12.8 Å². The molecule has 1 rings (SSSR count). The fourth-order valence-electron chi connectivity index (χ4n) is 1.71. The maximum Gasteiger partial charge on any atom is 0.525 e. The minimum absolute atomic E-state index is 0.100. The van der Waals surface area contributed by atoms with Crippen molar-refractivity contribution >= 4 is 28.0 Å². The number of ether oxygens (including phenoxy) is 1. The topological polar surface area (TPSA) is 111 Å². The van der Waals surface area contributed by atoms with Crippen LogP contribution in [0.3, 0.4) is 0 Å². The van der Waals surface area contributed by atoms with Crippen molar-refractivity contribution in [2.45, 2.75) is 44.5 Å². The zero-order valence-electron chi connectivity index (χ0n) is 14.1. The van der Waals surface area contributed by atoms with Crippen LogP contribution in [0.5, 0.6) is 5.75 Å². The fraction of sp³-hybridized carbons (Fsp3) is 0.500. The van der Waals surface area contributed by atoms with Gasteiger partial charge in [0.25, 0.3) is 0 Å². The van der Waals surface area contributed by atoms with Gasteiger partial charge in [0.15, 0.2) is 0 Å². The highest BCUT2D eigenvalue weighted by atomic mass is 79.9. The molecule has 2 atom stereocenters. The zero-order chi connectivity index (χ0) is 18.5. The second-order valence-electron chi connectivity index (χ2n) is 4.75. The smallest absolute Gasteiger partial charge is 0.489 e. The van der Waals surface area contributed by atoms with Crippen molar-refractivity contribution in [1.29, 1.82) is 0 Å². The molecule has 0 heterocycles. The van der Waals surface area contributed by atoms with Crippen LogP contribution in [0.25, 0.3) is 0 Å². The molecule has 1 aromatic rings. The van der Waals surface area contributed by atoms with Gasteiger partial charge in [0.05, 0.1) is 4.83 Å². The highest BCUT2D eigenvalue weighted by molar-refractivity contribution is 9.09. The van der Waals surface area contributed by atoms with Crippen LogP contribution in [0.2, 0.25) is 0 Å². The molecule has 7 nitrogen and oxygen atoms in total. The highest BCUT2D eigenvalue weighted by Crippen LogP contribution is 2.21. The minimum atomic E-state index is -1.30. The van der Waals surface area contributed by atoms with Gasteiger partial charge in [-0.05, 0) is 38.0 Å². The van der Waals surface area contributed by atoms with Crippen molar-refractivity contribution in [3.05, 3.63) is 29.8 Å². The molecule has 0 bridgehead atoms. The number of halogens is 1. The lowest BCUT2D eigenvalue weighted by molar-refractivity contribution is 0.0462. The molecule has 1 amide bonds. The van der Waals surface area contributed by atoms with E-state index in [9.17, 15) is 9.59 Å². The van der Waals surface area contributed by atoms with Gasteiger partial charge < -0.3 is 20.4 Å². The summed E-state index contributed by atoms with van der Waals surface area (Å²) in [7, 11) is 0. The van der Waals surface area contributed by atoms with Crippen LogP contribution >= 0.6 is 15.9 Å². The molecule has 0 saturated heterocycles. The van der Waals surface area contributed by atoms with E-state index in [1.54, 1.807) is 25.1 Å². The molecular weight excluding hydrogens is 380 g/mol. The van der Waals surface area contributed by atoms with Gasteiger partial charge in [-0.25, -0.2) is 4.79 Å². The summed E-state index contributed by atoms with van der Waals surface area (Å²) in [6, 6.07) is 6.98. The van der Waals surface area contributed by atoms with Gasteiger partial charge in [-0.2, -0.15) is 5.48 Å². The number of carboxylic acid groups (broad SMARTS) is 1. The monoisotopic (exact) mass is 404 g/mol. The van der Waals surface area contributed by atoms with Gasteiger partial charge >= 0.3 is 6.16 Å². The van der Waals surface area contributed by atoms with E-state index >= 15 is 0 Å². The molecule has 0 radical (unpaired) electrons. The van der Waals surface area contributed by atoms with Crippen molar-refractivity contribution in [2.24, 2.45) is 5.73 Å². The molecule has 24 heavy (non-hydrogen) atoms. The number of primary amides is 1. The van der Waals surface area contributed by atoms with Gasteiger partial charge in [0.2, 0.25) is 5.91 Å². The molecule has 136 valence electrons. The molecule has 1 aromatic carbocycles. The molecule has 0 aliphatic rings. The Bertz CT molecular complexity index is 513. The number of carbonyl (C=O) groups is 2. The van der Waals surface area contributed by atoms with Crippen LogP contribution in [0.15, 0.2) is 24.3 Å². The van der Waals surface area contributed by atoms with E-state index < -0.39 is 12.1 Å². The Morgan fingerprint density at radius 1 is 1.29 bits per heavy atom. The second kappa shape index (κ2) is 12.6. The summed E-state index contributed by atoms with van der Waals surface area (Å²) in [5, 5.41) is 7.76. The molecule has 0 aromatic heterocycles. The molecule has 0 aliphatic carbocycles. The van der Waals surface area contributed by atoms with Gasteiger partial charge in [0, 0.05) is 12.1 Å². The number of hydrogen-bond acceptors (Lipinski definition) is 5. The van der Waals surface area contributed by atoms with Crippen molar-refractivity contribution in [2.75, 3.05) is 6.54 Å². The van der Waals surface area contributed by atoms with Gasteiger partial charge in [0.1, 0.15) is 11.9 Å². The van der Waals surface area contributed by atoms with Crippen molar-refractivity contribution < 1.29 is 24.3 Å². The van der Waals surface area contributed by atoms with E-state index in [1.165, 1.54) is 0 Å². The first-order valence-electron chi connectivity index (χ1n) is 7.68. The van der Waals surface area contributed by atoms with Crippen molar-refractivity contribution in [1.82, 2.24) is 5.48 Å². The van der Waals surface area contributed by atoms with Crippen LogP contribution in [-0.2, 0) is 4.84 Å². The maximum absolute atomic E-state index is 11.1. The van der Waals surface area contributed by atoms with Gasteiger partial charge in [-0.15, -0.1) is 0 Å². The number of carbonyl (C=O) groups excluding carboxylic acids is 1. The number of nitrogens with two attached hydrogens (primary N) is 1. The lowest BCUT2D eigenvalue weighted by atomic mass is 10.1. The third-order valence-electron chi connectivity index (χ3n) is 2.91. The number of rotatable bonds is 8. The minimum Gasteiger partial charge on any atom is -0.489 e. The van der Waals surface area contributed by atoms with Gasteiger partial charge in [-0.1, -0.05) is 35.8 Å². The lowest BCUT2D eigenvalue weighted by Crippen LogP contribution is -2.26. The summed E-state index contributed by atoms with van der Waals surface area (Å²) in [6.45, 7) is 6.41. The van der Waals surface area contributed by atoms with Crippen LogP contribution in [0.1, 0.15) is 44.0 Å². The maximum atomic E-state index is 11.1. The molecule has 0 spiro atoms. The van der Waals surface area contributed by atoms with Gasteiger partial charge in [-0.3, -0.25) is 4.79 Å². The number of benzene rings is 1. The Morgan fingerprint density at radius 2 is 1.96 bits per heavy atom. The van der Waals surface area contributed by atoms with Crippen molar-refractivity contribution in [3.63, 3.8) is 0 Å². The molecule has 0 fully saturated rings. The molecule has 8 heteroatoms. The second-order valence-corrected chi connectivity index (χ2v) is 5.92. The zero-order valence-corrected chi connectivity index (χ0v) is 15.7. The standard InChI is InChI=1S/C13H18BrNO2.C3H7NO3/c1-3-11(14)12(4-2)17-10-7-5-6-9(8-10)13(15)16;1-2-4-7-3(5)6/h5-8,11-12H,3-4H2,1-2H3,(H2,15,16);4H,2H2,1H3,(H,5,6). The van der Waals surface area contributed by atoms with Crippen LogP contribution in [-0.4, -0.2) is 34.6 Å². The van der Waals surface area contributed by atoms with E-state index in [2.05, 4.69) is 40.1 Å². The summed E-state index contributed by atoms with van der Waals surface area (Å²) in [4.78, 5) is 24.7. The normalized spacial score (nSPS) is 12.3. The van der Waals surface area contributed by atoms with Crippen LogP contribution in [0.4, 0.5) is 4.79 Å². The van der Waals surface area contributed by atoms with E-state index in [4.69, 9.17) is 15.6 Å². The molecule has 4 N–H and O–H groups in total. The lowest BCUT2D eigenvalue weighted by Gasteiger charge is -2.22. The average molecular weight is 405 g/mol. The number of hydrogen-bond donors (Lipinski definition) is 3. The van der Waals surface area contributed by atoms with E-state index in [1.807, 2.05) is 6.07 Å². The van der Waals surface area contributed by atoms with Crippen LogP contribution in [0, 0.1) is 0 Å². The summed E-state index contributed by atoms with van der Waals surface area (Å²) in [5.41, 5.74) is 7.85. The number of nitrogens with one attached hydrogen (secondary N) is 1. The van der Waals surface area contributed by atoms with E-state index in [-0.39, 0.29) is 6.10 Å². The number of amides is 1. The molecule has 0 saturated carbocycles.